The number of ketones is 1. The Balaban J connectivity index is 1.77. The number of hydrogen-bond acceptors (Lipinski definition) is 3. The molecule has 0 saturated carbocycles. The number of nitrogens with one attached hydrogen (secondary N) is 1. The van der Waals surface area contributed by atoms with E-state index in [4.69, 9.17) is 0 Å². The maximum absolute atomic E-state index is 12.3. The number of likely N-dealkylation sites (tertiary alicyclic amines) is 1. The number of amides is 1. The van der Waals surface area contributed by atoms with Crippen LogP contribution in [0.2, 0.25) is 0 Å². The molecule has 2 aliphatic rings. The molecule has 1 N–H and O–H groups in total. The van der Waals surface area contributed by atoms with Gasteiger partial charge < -0.3 is 10.2 Å². The van der Waals surface area contributed by atoms with Crippen LogP contribution < -0.4 is 5.32 Å². The topological polar surface area (TPSA) is 49.4 Å². The van der Waals surface area contributed by atoms with Crippen LogP contribution in [-0.4, -0.2) is 36.2 Å². The third-order valence-corrected chi connectivity index (χ3v) is 3.82. The lowest BCUT2D eigenvalue weighted by atomic mass is 9.86. The van der Waals surface area contributed by atoms with Gasteiger partial charge in [-0.15, -0.1) is 0 Å². The molecule has 0 bridgehead atoms. The van der Waals surface area contributed by atoms with Crippen LogP contribution in [-0.2, 0) is 16.1 Å². The van der Waals surface area contributed by atoms with Gasteiger partial charge in [-0.2, -0.15) is 0 Å². The number of hydrogen-bond donors (Lipinski definition) is 1. The molecule has 4 heteroatoms. The van der Waals surface area contributed by atoms with Gasteiger partial charge in [0.1, 0.15) is 0 Å². The Morgan fingerprint density at radius 1 is 1.11 bits per heavy atom. The molecular weight excluding hydrogens is 228 g/mol. The van der Waals surface area contributed by atoms with E-state index < -0.39 is 0 Å². The summed E-state index contributed by atoms with van der Waals surface area (Å²) in [4.78, 5) is 26.0. The summed E-state index contributed by atoms with van der Waals surface area (Å²) in [5.74, 6) is 0.0773. The third kappa shape index (κ3) is 1.93. The molecule has 1 aromatic carbocycles. The first-order valence-corrected chi connectivity index (χ1v) is 6.32. The summed E-state index contributed by atoms with van der Waals surface area (Å²) in [5, 5.41) is 3.14. The molecule has 2 fully saturated rings. The zero-order valence-electron chi connectivity index (χ0n) is 10.1. The predicted octanol–water partition coefficient (Wildman–Crippen LogP) is 0.434. The highest BCUT2D eigenvalue weighted by atomic mass is 16.2. The quantitative estimate of drug-likeness (QED) is 0.821. The van der Waals surface area contributed by atoms with Gasteiger partial charge >= 0.3 is 0 Å². The van der Waals surface area contributed by atoms with E-state index >= 15 is 0 Å². The number of benzene rings is 1. The maximum Gasteiger partial charge on any atom is 0.228 e. The standard InChI is InChI=1S/C14H16N2O2/c17-13-9-16(8-10-4-2-1-3-5-10)14(18)12-7-15-6-11(12)13/h1-5,11-12,15H,6-9H2/t11-,12-/m0/s1. The molecule has 2 heterocycles. The van der Waals surface area contributed by atoms with Gasteiger partial charge in [0.15, 0.2) is 5.78 Å². The summed E-state index contributed by atoms with van der Waals surface area (Å²) in [7, 11) is 0. The van der Waals surface area contributed by atoms with Gasteiger partial charge in [0, 0.05) is 25.6 Å². The Bertz CT molecular complexity index is 472. The molecule has 2 aliphatic heterocycles. The molecule has 3 rings (SSSR count). The van der Waals surface area contributed by atoms with E-state index in [0.717, 1.165) is 5.56 Å². The van der Waals surface area contributed by atoms with Crippen LogP contribution in [0.25, 0.3) is 0 Å². The summed E-state index contributed by atoms with van der Waals surface area (Å²) in [5.41, 5.74) is 1.07. The molecule has 4 nitrogen and oxygen atoms in total. The average Bonchev–Trinajstić information content (AvgIpc) is 2.87. The second-order valence-electron chi connectivity index (χ2n) is 5.02. The Labute approximate surface area is 106 Å². The van der Waals surface area contributed by atoms with Crippen molar-refractivity contribution >= 4 is 11.7 Å². The molecule has 0 aromatic heterocycles. The Kier molecular flexibility index (Phi) is 2.88. The van der Waals surface area contributed by atoms with Crippen molar-refractivity contribution in [3.8, 4) is 0 Å². The van der Waals surface area contributed by atoms with Crippen LogP contribution in [0, 0.1) is 11.8 Å². The molecule has 2 saturated heterocycles. The first-order chi connectivity index (χ1) is 8.75. The van der Waals surface area contributed by atoms with Crippen molar-refractivity contribution in [2.75, 3.05) is 19.6 Å². The van der Waals surface area contributed by atoms with Crippen molar-refractivity contribution in [2.45, 2.75) is 6.54 Å². The third-order valence-electron chi connectivity index (χ3n) is 3.82. The van der Waals surface area contributed by atoms with E-state index in [-0.39, 0.29) is 30.1 Å². The Hall–Kier alpha value is -1.68. The number of carbonyl (C=O) groups excluding carboxylic acids is 2. The van der Waals surface area contributed by atoms with E-state index in [1.165, 1.54) is 0 Å². The lowest BCUT2D eigenvalue weighted by molar-refractivity contribution is -0.148. The fourth-order valence-corrected chi connectivity index (χ4v) is 2.83. The monoisotopic (exact) mass is 244 g/mol. The molecule has 1 aromatic rings. The highest BCUT2D eigenvalue weighted by molar-refractivity contribution is 5.97. The molecule has 0 radical (unpaired) electrons. The smallest absolute Gasteiger partial charge is 0.228 e. The molecule has 94 valence electrons. The minimum absolute atomic E-state index is 0.0930. The highest BCUT2D eigenvalue weighted by Crippen LogP contribution is 2.26. The average molecular weight is 244 g/mol. The molecule has 0 aliphatic carbocycles. The van der Waals surface area contributed by atoms with Crippen molar-refractivity contribution in [3.63, 3.8) is 0 Å². The minimum atomic E-state index is -0.144. The van der Waals surface area contributed by atoms with Crippen LogP contribution in [0.1, 0.15) is 5.56 Å². The number of fused-ring (bicyclic) bond motifs is 1. The number of nitrogens with zero attached hydrogens (tertiary/aromatic N) is 1. The van der Waals surface area contributed by atoms with Crippen LogP contribution in [0.4, 0.5) is 0 Å². The molecule has 0 spiro atoms. The lowest BCUT2D eigenvalue weighted by Crippen LogP contribution is -2.50. The highest BCUT2D eigenvalue weighted by Gasteiger charge is 2.44. The Morgan fingerprint density at radius 3 is 2.61 bits per heavy atom. The second kappa shape index (κ2) is 4.53. The van der Waals surface area contributed by atoms with E-state index in [1.54, 1.807) is 4.90 Å². The molecule has 2 atom stereocenters. The number of carbonyl (C=O) groups is 2. The van der Waals surface area contributed by atoms with Gasteiger partial charge in [0.25, 0.3) is 0 Å². The Morgan fingerprint density at radius 2 is 1.83 bits per heavy atom. The summed E-state index contributed by atoms with van der Waals surface area (Å²) < 4.78 is 0. The maximum atomic E-state index is 12.3. The van der Waals surface area contributed by atoms with Crippen molar-refractivity contribution in [2.24, 2.45) is 11.8 Å². The van der Waals surface area contributed by atoms with Crippen LogP contribution in [0.15, 0.2) is 30.3 Å². The van der Waals surface area contributed by atoms with Gasteiger partial charge in [-0.25, -0.2) is 0 Å². The summed E-state index contributed by atoms with van der Waals surface area (Å²) in [6.45, 7) is 2.10. The largest absolute Gasteiger partial charge is 0.331 e. The molecular formula is C14H16N2O2. The first kappa shape index (κ1) is 11.4. The van der Waals surface area contributed by atoms with Crippen molar-refractivity contribution in [3.05, 3.63) is 35.9 Å². The van der Waals surface area contributed by atoms with Crippen LogP contribution in [0.5, 0.6) is 0 Å². The first-order valence-electron chi connectivity index (χ1n) is 6.32. The summed E-state index contributed by atoms with van der Waals surface area (Å²) in [6, 6.07) is 9.81. The SMILES string of the molecule is O=C1CN(Cc2ccccc2)C(=O)[C@H]2CNC[C@H]12. The number of rotatable bonds is 2. The van der Waals surface area contributed by atoms with Gasteiger partial charge in [-0.3, -0.25) is 9.59 Å². The molecule has 18 heavy (non-hydrogen) atoms. The number of Topliss-reactive ketones (excluding diaryl/α,β-unsaturated/α-hetero) is 1. The van der Waals surface area contributed by atoms with Crippen molar-refractivity contribution in [1.82, 2.24) is 10.2 Å². The van der Waals surface area contributed by atoms with E-state index in [9.17, 15) is 9.59 Å². The summed E-state index contributed by atoms with van der Waals surface area (Å²) in [6.07, 6.45) is 0. The lowest BCUT2D eigenvalue weighted by Gasteiger charge is -2.32. The van der Waals surface area contributed by atoms with Gasteiger partial charge in [-0.05, 0) is 5.56 Å². The van der Waals surface area contributed by atoms with Crippen molar-refractivity contribution < 1.29 is 9.59 Å². The fourth-order valence-electron chi connectivity index (χ4n) is 2.83. The van der Waals surface area contributed by atoms with Crippen molar-refractivity contribution in [1.29, 1.82) is 0 Å². The van der Waals surface area contributed by atoms with Crippen LogP contribution in [0.3, 0.4) is 0 Å². The molecule has 1 amide bonds. The zero-order chi connectivity index (χ0) is 12.5. The molecule has 0 unspecified atom stereocenters. The second-order valence-corrected chi connectivity index (χ2v) is 5.02. The van der Waals surface area contributed by atoms with Gasteiger partial charge in [0.05, 0.1) is 12.5 Å². The van der Waals surface area contributed by atoms with E-state index in [2.05, 4.69) is 5.32 Å². The zero-order valence-corrected chi connectivity index (χ0v) is 10.1. The van der Waals surface area contributed by atoms with E-state index in [1.807, 2.05) is 30.3 Å². The minimum Gasteiger partial charge on any atom is -0.331 e. The fraction of sp³-hybridized carbons (Fsp3) is 0.429. The van der Waals surface area contributed by atoms with Gasteiger partial charge in [-0.1, -0.05) is 30.3 Å². The normalized spacial score (nSPS) is 27.4. The summed E-state index contributed by atoms with van der Waals surface area (Å²) >= 11 is 0. The van der Waals surface area contributed by atoms with E-state index in [0.29, 0.717) is 19.6 Å². The van der Waals surface area contributed by atoms with Crippen LogP contribution >= 0.6 is 0 Å². The number of piperidine rings is 1. The predicted molar refractivity (Wildman–Crippen MR) is 66.7 cm³/mol. The van der Waals surface area contributed by atoms with Gasteiger partial charge in [0.2, 0.25) is 5.91 Å².